The molecule has 0 radical (unpaired) electrons. The van der Waals surface area contributed by atoms with Gasteiger partial charge < -0.3 is 9.84 Å². The second-order valence-corrected chi connectivity index (χ2v) is 8.13. The van der Waals surface area contributed by atoms with E-state index < -0.39 is 23.5 Å². The van der Waals surface area contributed by atoms with Crippen LogP contribution in [0.2, 0.25) is 0 Å². The first-order valence-corrected chi connectivity index (χ1v) is 10.1. The number of rotatable bonds is 6. The van der Waals surface area contributed by atoms with Crippen molar-refractivity contribution in [3.63, 3.8) is 0 Å². The molecule has 3 aromatic carbocycles. The third-order valence-corrected chi connectivity index (χ3v) is 5.19. The van der Waals surface area contributed by atoms with Gasteiger partial charge in [-0.1, -0.05) is 68.0 Å². The molecule has 7 heteroatoms. The Morgan fingerprint density at radius 3 is 2.31 bits per heavy atom. The number of carbonyl (C=O) groups is 2. The molecule has 7 nitrogen and oxygen atoms in total. The Balaban J connectivity index is 2.01. The van der Waals surface area contributed by atoms with Crippen molar-refractivity contribution in [3.05, 3.63) is 83.9 Å². The van der Waals surface area contributed by atoms with Crippen LogP contribution in [0, 0.1) is 12.3 Å². The van der Waals surface area contributed by atoms with E-state index in [0.29, 0.717) is 22.0 Å². The first-order valence-electron chi connectivity index (χ1n) is 10.1. The van der Waals surface area contributed by atoms with Crippen molar-refractivity contribution in [3.8, 4) is 5.75 Å². The van der Waals surface area contributed by atoms with Crippen molar-refractivity contribution in [2.45, 2.75) is 26.9 Å². The first kappa shape index (κ1) is 22.8. The van der Waals surface area contributed by atoms with Gasteiger partial charge in [-0.05, 0) is 30.5 Å². The van der Waals surface area contributed by atoms with E-state index in [-0.39, 0.29) is 5.75 Å². The van der Waals surface area contributed by atoms with E-state index >= 15 is 0 Å². The van der Waals surface area contributed by atoms with Crippen LogP contribution >= 0.6 is 0 Å². The fourth-order valence-corrected chi connectivity index (χ4v) is 3.46. The number of carbonyl (C=O) groups excluding carboxylic acids is 2. The number of amides is 2. The number of aromatic hydroxyl groups is 1. The molecule has 0 bridgehead atoms. The molecule has 2 amide bonds. The van der Waals surface area contributed by atoms with E-state index in [2.05, 4.69) is 5.32 Å². The zero-order valence-corrected chi connectivity index (χ0v) is 18.1. The minimum atomic E-state index is -0.850. The van der Waals surface area contributed by atoms with Gasteiger partial charge in [0.05, 0.1) is 0 Å². The smallest absolute Gasteiger partial charge is 0.412 e. The molecule has 1 atom stereocenters. The quantitative estimate of drug-likeness (QED) is 0.241. The number of anilines is 1. The highest BCUT2D eigenvalue weighted by molar-refractivity contribution is 5.92. The summed E-state index contributed by atoms with van der Waals surface area (Å²) in [4.78, 5) is 24.4. The fourth-order valence-electron chi connectivity index (χ4n) is 3.46. The van der Waals surface area contributed by atoms with E-state index in [0.717, 1.165) is 5.56 Å². The van der Waals surface area contributed by atoms with E-state index in [1.807, 2.05) is 37.3 Å². The molecule has 3 rings (SSSR count). The Morgan fingerprint density at radius 2 is 1.66 bits per heavy atom. The van der Waals surface area contributed by atoms with Crippen molar-refractivity contribution >= 4 is 28.5 Å². The molecule has 4 N–H and O–H groups in total. The predicted molar refractivity (Wildman–Crippen MR) is 122 cm³/mol. The second-order valence-electron chi connectivity index (χ2n) is 8.13. The monoisotopic (exact) mass is 434 g/mol. The van der Waals surface area contributed by atoms with Crippen LogP contribution in [0.5, 0.6) is 5.75 Å². The van der Waals surface area contributed by atoms with E-state index in [1.54, 1.807) is 55.7 Å². The lowest BCUT2D eigenvalue weighted by atomic mass is 9.80. The van der Waals surface area contributed by atoms with Gasteiger partial charge >= 0.3 is 6.09 Å². The summed E-state index contributed by atoms with van der Waals surface area (Å²) < 4.78 is 5.87. The first-order chi connectivity index (χ1) is 15.2. The topological polar surface area (TPSA) is 108 Å². The number of phenolic OH excluding ortho intramolecular Hbond substituents is 1. The van der Waals surface area contributed by atoms with Crippen LogP contribution in [0.1, 0.15) is 31.1 Å². The van der Waals surface area contributed by atoms with Crippen LogP contribution in [-0.4, -0.2) is 22.3 Å². The van der Waals surface area contributed by atoms with Crippen LogP contribution in [0.4, 0.5) is 10.5 Å². The van der Waals surface area contributed by atoms with Crippen molar-refractivity contribution in [1.29, 1.82) is 0 Å². The van der Waals surface area contributed by atoms with Gasteiger partial charge in [0.25, 0.3) is 5.91 Å². The molecule has 0 unspecified atom stereocenters. The van der Waals surface area contributed by atoms with Gasteiger partial charge in [0.15, 0.2) is 0 Å². The molecular weight excluding hydrogens is 408 g/mol. The maximum atomic E-state index is 12.8. The summed E-state index contributed by atoms with van der Waals surface area (Å²) in [5, 5.41) is 23.1. The summed E-state index contributed by atoms with van der Waals surface area (Å²) in [6.45, 7) is 5.56. The Morgan fingerprint density at radius 1 is 1.00 bits per heavy atom. The summed E-state index contributed by atoms with van der Waals surface area (Å²) in [6.07, 6.45) is 1.26. The molecule has 166 valence electrons. The van der Waals surface area contributed by atoms with Gasteiger partial charge in [-0.2, -0.15) is 0 Å². The molecule has 0 saturated heterocycles. The van der Waals surface area contributed by atoms with Gasteiger partial charge in [0.1, 0.15) is 11.9 Å². The van der Waals surface area contributed by atoms with E-state index in [4.69, 9.17) is 9.94 Å². The molecule has 0 aromatic heterocycles. The summed E-state index contributed by atoms with van der Waals surface area (Å²) in [5.41, 5.74) is 3.01. The van der Waals surface area contributed by atoms with Gasteiger partial charge in [-0.15, -0.1) is 0 Å². The molecule has 0 aliphatic heterocycles. The summed E-state index contributed by atoms with van der Waals surface area (Å²) >= 11 is 0. The lowest BCUT2D eigenvalue weighted by molar-refractivity contribution is -0.124. The zero-order valence-electron chi connectivity index (χ0n) is 18.1. The molecule has 3 aromatic rings. The molecular formula is C25H26N2O5. The van der Waals surface area contributed by atoms with Crippen molar-refractivity contribution in [1.82, 2.24) is 5.48 Å². The fraction of sp³-hybridized carbons (Fsp3) is 0.200. The minimum absolute atomic E-state index is 0.111. The number of nitrogens with one attached hydrogen (secondary N) is 2. The third kappa shape index (κ3) is 5.25. The second kappa shape index (κ2) is 9.53. The van der Waals surface area contributed by atoms with Gasteiger partial charge in [-0.25, -0.2) is 10.3 Å². The molecule has 0 aliphatic carbocycles. The van der Waals surface area contributed by atoms with Gasteiger partial charge in [0.2, 0.25) is 0 Å². The Bertz CT molecular complexity index is 1150. The number of aryl methyl sites for hydroxylation is 1. The average molecular weight is 434 g/mol. The maximum Gasteiger partial charge on any atom is 0.412 e. The minimum Gasteiger partial charge on any atom is -0.507 e. The molecule has 0 fully saturated rings. The third-order valence-electron chi connectivity index (χ3n) is 5.19. The van der Waals surface area contributed by atoms with Crippen molar-refractivity contribution in [2.75, 3.05) is 5.32 Å². The number of hydrogen-bond donors (Lipinski definition) is 4. The standard InChI is InChI=1S/C25H26N2O5/c1-16-8-10-17(11-9-16)26-24(30)32-23(25(2,3)15-14-22(29)27-31)20-12-13-21(28)19-7-5-4-6-18(19)20/h4-15,23,28,31H,1-3H3,(H,26,30)(H,27,29)/b15-14+/t23-/m0/s1. The molecule has 0 saturated carbocycles. The Kier molecular flexibility index (Phi) is 6.80. The molecule has 32 heavy (non-hydrogen) atoms. The van der Waals surface area contributed by atoms with Crippen LogP contribution in [-0.2, 0) is 9.53 Å². The molecule has 0 spiro atoms. The molecule has 0 aliphatic rings. The van der Waals surface area contributed by atoms with Gasteiger partial charge in [0, 0.05) is 28.1 Å². The maximum absolute atomic E-state index is 12.8. The van der Waals surface area contributed by atoms with Crippen LogP contribution in [0.15, 0.2) is 72.8 Å². The highest BCUT2D eigenvalue weighted by Crippen LogP contribution is 2.42. The number of ether oxygens (including phenoxy) is 1. The number of fused-ring (bicyclic) bond motifs is 1. The summed E-state index contributed by atoms with van der Waals surface area (Å²) in [5.74, 6) is -0.586. The summed E-state index contributed by atoms with van der Waals surface area (Å²) in [6, 6.07) is 17.8. The normalized spacial score (nSPS) is 12.5. The van der Waals surface area contributed by atoms with Crippen molar-refractivity contribution in [2.24, 2.45) is 5.41 Å². The number of hydrogen-bond acceptors (Lipinski definition) is 5. The van der Waals surface area contributed by atoms with E-state index in [9.17, 15) is 14.7 Å². The van der Waals surface area contributed by atoms with Crippen LogP contribution in [0.25, 0.3) is 10.8 Å². The largest absolute Gasteiger partial charge is 0.507 e. The predicted octanol–water partition coefficient (Wildman–Crippen LogP) is 5.23. The SMILES string of the molecule is Cc1ccc(NC(=O)O[C@@H](c2ccc(O)c3ccccc23)C(C)(C)/C=C/C(=O)NO)cc1. The summed E-state index contributed by atoms with van der Waals surface area (Å²) in [7, 11) is 0. The van der Waals surface area contributed by atoms with Crippen LogP contribution in [0.3, 0.4) is 0 Å². The Hall–Kier alpha value is -3.84. The lowest BCUT2D eigenvalue weighted by Crippen LogP contribution is -2.28. The Labute approximate surface area is 186 Å². The zero-order chi connectivity index (χ0) is 23.3. The van der Waals surface area contributed by atoms with E-state index in [1.165, 1.54) is 6.08 Å². The molecule has 0 heterocycles. The van der Waals surface area contributed by atoms with Crippen molar-refractivity contribution < 1.29 is 24.6 Å². The average Bonchev–Trinajstić information content (AvgIpc) is 2.78. The number of benzene rings is 3. The number of phenols is 1. The highest BCUT2D eigenvalue weighted by Gasteiger charge is 2.34. The highest BCUT2D eigenvalue weighted by atomic mass is 16.6. The number of hydroxylamine groups is 1. The van der Waals surface area contributed by atoms with Gasteiger partial charge in [-0.3, -0.25) is 15.3 Å². The lowest BCUT2D eigenvalue weighted by Gasteiger charge is -2.32. The van der Waals surface area contributed by atoms with Crippen LogP contribution < -0.4 is 10.8 Å².